The van der Waals surface area contributed by atoms with Crippen molar-refractivity contribution in [3.05, 3.63) is 11.6 Å². The molecule has 7 atom stereocenters. The molecule has 3 saturated carbocycles. The second-order valence-electron chi connectivity index (χ2n) is 9.40. The lowest BCUT2D eigenvalue weighted by Gasteiger charge is -2.58. The highest BCUT2D eigenvalue weighted by Crippen LogP contribution is 2.67. The molecule has 4 aliphatic rings. The molecule has 0 bridgehead atoms. The highest BCUT2D eigenvalue weighted by Gasteiger charge is 2.61. The molecule has 132 valence electrons. The van der Waals surface area contributed by atoms with Crippen molar-refractivity contribution in [3.63, 3.8) is 0 Å². The van der Waals surface area contributed by atoms with Crippen LogP contribution in [0.3, 0.4) is 0 Å². The van der Waals surface area contributed by atoms with E-state index < -0.39 is 0 Å². The highest BCUT2D eigenvalue weighted by molar-refractivity contribution is 7.81. The van der Waals surface area contributed by atoms with Gasteiger partial charge >= 0.3 is 0 Å². The van der Waals surface area contributed by atoms with Crippen LogP contribution in [-0.4, -0.2) is 16.8 Å². The van der Waals surface area contributed by atoms with Crippen LogP contribution in [0.4, 0.5) is 0 Å². The largest absolute Gasteiger partial charge is 0.300 e. The van der Waals surface area contributed by atoms with Crippen LogP contribution in [0.15, 0.2) is 11.6 Å². The first-order valence-corrected chi connectivity index (χ1v) is 10.2. The van der Waals surface area contributed by atoms with Gasteiger partial charge in [-0.15, -0.1) is 0 Å². The second-order valence-corrected chi connectivity index (χ2v) is 10.1. The average molecular weight is 347 g/mol. The number of Topliss-reactive ketones (excluding diaryl/α,β-unsaturated/α-hetero) is 1. The summed E-state index contributed by atoms with van der Waals surface area (Å²) in [6, 6.07) is 0. The number of hydrogen-bond donors (Lipinski definition) is 1. The summed E-state index contributed by atoms with van der Waals surface area (Å²) in [4.78, 5) is 24.2. The maximum Gasteiger partial charge on any atom is 0.155 e. The minimum Gasteiger partial charge on any atom is -0.300 e. The number of ketones is 2. The van der Waals surface area contributed by atoms with Crippen molar-refractivity contribution < 1.29 is 9.59 Å². The predicted molar refractivity (Wildman–Crippen MR) is 99.0 cm³/mol. The van der Waals surface area contributed by atoms with E-state index in [0.29, 0.717) is 29.3 Å². The summed E-state index contributed by atoms with van der Waals surface area (Å²) in [5.41, 5.74) is 1.78. The molecule has 0 aromatic heterocycles. The van der Waals surface area contributed by atoms with E-state index in [9.17, 15) is 9.59 Å². The zero-order valence-electron chi connectivity index (χ0n) is 15.2. The monoisotopic (exact) mass is 346 g/mol. The Morgan fingerprint density at radius 2 is 1.92 bits per heavy atom. The van der Waals surface area contributed by atoms with Crippen LogP contribution >= 0.6 is 12.6 Å². The minimum absolute atomic E-state index is 0.129. The van der Waals surface area contributed by atoms with Crippen LogP contribution in [-0.2, 0) is 9.59 Å². The Morgan fingerprint density at radius 1 is 1.17 bits per heavy atom. The lowest BCUT2D eigenvalue weighted by atomic mass is 9.46. The second kappa shape index (κ2) is 5.46. The summed E-state index contributed by atoms with van der Waals surface area (Å²) in [7, 11) is 0. The molecule has 0 N–H and O–H groups in total. The molecule has 0 aromatic rings. The van der Waals surface area contributed by atoms with E-state index in [4.69, 9.17) is 12.6 Å². The van der Waals surface area contributed by atoms with Gasteiger partial charge < -0.3 is 0 Å². The number of thiol groups is 1. The molecule has 2 nitrogen and oxygen atoms in total. The lowest BCUT2D eigenvalue weighted by Crippen LogP contribution is -2.51. The molecule has 0 spiro atoms. The summed E-state index contributed by atoms with van der Waals surface area (Å²) < 4.78 is 0. The Balaban J connectivity index is 1.69. The Morgan fingerprint density at radius 3 is 2.62 bits per heavy atom. The summed E-state index contributed by atoms with van der Waals surface area (Å²) >= 11 is 4.84. The van der Waals surface area contributed by atoms with Gasteiger partial charge in [-0.3, -0.25) is 9.59 Å². The third-order valence-corrected chi connectivity index (χ3v) is 8.94. The number of hydrogen-bond acceptors (Lipinski definition) is 3. The van der Waals surface area contributed by atoms with Crippen molar-refractivity contribution in [1.29, 1.82) is 0 Å². The van der Waals surface area contributed by atoms with Crippen molar-refractivity contribution in [2.45, 2.75) is 71.0 Å². The van der Waals surface area contributed by atoms with Crippen molar-refractivity contribution in [1.82, 2.24) is 0 Å². The van der Waals surface area contributed by atoms with E-state index in [-0.39, 0.29) is 22.0 Å². The molecular weight excluding hydrogens is 316 g/mol. The van der Waals surface area contributed by atoms with E-state index >= 15 is 0 Å². The Labute approximate surface area is 151 Å². The number of rotatable bonds is 1. The van der Waals surface area contributed by atoms with Crippen LogP contribution < -0.4 is 0 Å². The number of carbonyl (C=O) groups is 2. The molecule has 3 fully saturated rings. The SMILES string of the molecule is CC(=O)[C@H]1C(S)C[C@H]2[C@@H]3CCC4=CC(=O)CC[C@]4(C)[C@H]3CC[C@]12C. The Hall–Kier alpha value is -0.570. The van der Waals surface area contributed by atoms with Gasteiger partial charge in [-0.2, -0.15) is 12.6 Å². The standard InChI is InChI=1S/C21H30O2S/c1-12(22)19-18(24)11-17-15-5-4-13-10-14(23)6-8-20(13,2)16(15)7-9-21(17,19)3/h10,15-19,24H,4-9,11H2,1-3H3/t15-,16+,17+,18?,19+,20+,21+/m1/s1. The molecule has 0 aliphatic heterocycles. The topological polar surface area (TPSA) is 34.1 Å². The maximum absolute atomic E-state index is 12.3. The van der Waals surface area contributed by atoms with Crippen LogP contribution in [0.1, 0.15) is 65.7 Å². The van der Waals surface area contributed by atoms with E-state index in [0.717, 1.165) is 32.1 Å². The normalized spacial score (nSPS) is 50.6. The van der Waals surface area contributed by atoms with Gasteiger partial charge in [0, 0.05) is 17.6 Å². The van der Waals surface area contributed by atoms with Gasteiger partial charge in [-0.25, -0.2) is 0 Å². The van der Waals surface area contributed by atoms with Crippen molar-refractivity contribution >= 4 is 24.2 Å². The van der Waals surface area contributed by atoms with Crippen molar-refractivity contribution in [2.24, 2.45) is 34.5 Å². The van der Waals surface area contributed by atoms with Crippen LogP contribution in [0.25, 0.3) is 0 Å². The van der Waals surface area contributed by atoms with Gasteiger partial charge in [0.05, 0.1) is 0 Å². The molecule has 0 radical (unpaired) electrons. The highest BCUT2D eigenvalue weighted by atomic mass is 32.1. The molecule has 1 unspecified atom stereocenters. The first-order valence-electron chi connectivity index (χ1n) is 9.70. The zero-order chi connectivity index (χ0) is 17.3. The lowest BCUT2D eigenvalue weighted by molar-refractivity contribution is -0.128. The van der Waals surface area contributed by atoms with Gasteiger partial charge in [0.25, 0.3) is 0 Å². The molecule has 0 saturated heterocycles. The smallest absolute Gasteiger partial charge is 0.155 e. The third-order valence-electron chi connectivity index (χ3n) is 8.43. The zero-order valence-corrected chi connectivity index (χ0v) is 16.1. The molecule has 0 amide bonds. The van der Waals surface area contributed by atoms with Crippen molar-refractivity contribution in [3.8, 4) is 0 Å². The fourth-order valence-electron chi connectivity index (χ4n) is 7.31. The van der Waals surface area contributed by atoms with E-state index in [1.54, 1.807) is 6.92 Å². The van der Waals surface area contributed by atoms with E-state index in [1.807, 2.05) is 6.08 Å². The molecule has 4 rings (SSSR count). The first-order chi connectivity index (χ1) is 11.3. The molecule has 24 heavy (non-hydrogen) atoms. The van der Waals surface area contributed by atoms with E-state index in [1.165, 1.54) is 18.4 Å². The number of allylic oxidation sites excluding steroid dienone is 1. The number of fused-ring (bicyclic) bond motifs is 5. The van der Waals surface area contributed by atoms with Gasteiger partial charge in [0.15, 0.2) is 5.78 Å². The minimum atomic E-state index is 0.129. The van der Waals surface area contributed by atoms with Gasteiger partial charge in [-0.05, 0) is 80.1 Å². The van der Waals surface area contributed by atoms with Crippen LogP contribution in [0.2, 0.25) is 0 Å². The molecule has 3 heteroatoms. The van der Waals surface area contributed by atoms with Gasteiger partial charge in [0.1, 0.15) is 5.78 Å². The van der Waals surface area contributed by atoms with Crippen molar-refractivity contribution in [2.75, 3.05) is 0 Å². The number of carbonyl (C=O) groups excluding carboxylic acids is 2. The van der Waals surface area contributed by atoms with Crippen LogP contribution in [0.5, 0.6) is 0 Å². The maximum atomic E-state index is 12.3. The molecule has 0 aromatic carbocycles. The quantitative estimate of drug-likeness (QED) is 0.702. The van der Waals surface area contributed by atoms with Gasteiger partial charge in [-0.1, -0.05) is 19.4 Å². The summed E-state index contributed by atoms with van der Waals surface area (Å²) in [5.74, 6) is 2.82. The predicted octanol–water partition coefficient (Wildman–Crippen LogP) is 4.63. The molecule has 4 aliphatic carbocycles. The fraction of sp³-hybridized carbons (Fsp3) is 0.810. The van der Waals surface area contributed by atoms with Gasteiger partial charge in [0.2, 0.25) is 0 Å². The summed E-state index contributed by atoms with van der Waals surface area (Å²) in [6.45, 7) is 6.55. The summed E-state index contributed by atoms with van der Waals surface area (Å²) in [6.07, 6.45) is 9.46. The Kier molecular flexibility index (Phi) is 3.84. The Bertz CT molecular complexity index is 623. The first kappa shape index (κ1) is 16.9. The average Bonchev–Trinajstić information content (AvgIpc) is 2.78. The summed E-state index contributed by atoms with van der Waals surface area (Å²) in [5, 5.41) is 0.230. The third kappa shape index (κ3) is 2.15. The van der Waals surface area contributed by atoms with E-state index in [2.05, 4.69) is 13.8 Å². The molecule has 0 heterocycles. The molecular formula is C21H30O2S. The van der Waals surface area contributed by atoms with Crippen LogP contribution in [0, 0.1) is 34.5 Å². The fourth-order valence-corrected chi connectivity index (χ4v) is 8.09.